The van der Waals surface area contributed by atoms with Crippen molar-refractivity contribution in [2.24, 2.45) is 0 Å². The Kier molecular flexibility index (Phi) is 9.47. The van der Waals surface area contributed by atoms with E-state index in [0.29, 0.717) is 39.8 Å². The number of amides is 1. The summed E-state index contributed by atoms with van der Waals surface area (Å²) in [6.07, 6.45) is 3.72. The van der Waals surface area contributed by atoms with E-state index < -0.39 is 0 Å². The highest BCUT2D eigenvalue weighted by atomic mass is 35.5. The molecule has 1 atom stereocenters. The van der Waals surface area contributed by atoms with Crippen LogP contribution >= 0.6 is 48.0 Å². The largest absolute Gasteiger partial charge is 0.437 e. The maximum Gasteiger partial charge on any atom is 0.252 e. The molecule has 3 rings (SSSR count). The fourth-order valence-electron chi connectivity index (χ4n) is 2.50. The van der Waals surface area contributed by atoms with Crippen LogP contribution in [0.3, 0.4) is 0 Å². The molecule has 0 saturated carbocycles. The molecular formula is C17H19Cl4N3O2. The number of rotatable bonds is 5. The molecule has 26 heavy (non-hydrogen) atoms. The zero-order valence-corrected chi connectivity index (χ0v) is 16.9. The second-order valence-corrected chi connectivity index (χ2v) is 6.33. The van der Waals surface area contributed by atoms with Crippen molar-refractivity contribution < 1.29 is 9.53 Å². The molecule has 0 radical (unpaired) electrons. The Balaban J connectivity index is 0.00000169. The van der Waals surface area contributed by atoms with Crippen LogP contribution < -0.4 is 15.4 Å². The fourth-order valence-corrected chi connectivity index (χ4v) is 2.83. The van der Waals surface area contributed by atoms with Crippen molar-refractivity contribution >= 4 is 53.9 Å². The third-order valence-electron chi connectivity index (χ3n) is 3.80. The molecule has 2 N–H and O–H groups in total. The lowest BCUT2D eigenvalue weighted by Gasteiger charge is -2.11. The average Bonchev–Trinajstić information content (AvgIpc) is 3.11. The lowest BCUT2D eigenvalue weighted by atomic mass is 10.2. The number of hydrogen-bond donors (Lipinski definition) is 2. The Bertz CT molecular complexity index is 722. The van der Waals surface area contributed by atoms with E-state index in [1.165, 1.54) is 6.20 Å². The summed E-state index contributed by atoms with van der Waals surface area (Å²) in [6, 6.07) is 8.76. The molecule has 0 spiro atoms. The van der Waals surface area contributed by atoms with Gasteiger partial charge in [0.2, 0.25) is 5.88 Å². The number of halogens is 4. The summed E-state index contributed by atoms with van der Waals surface area (Å²) in [6.45, 7) is 1.63. The highest BCUT2D eigenvalue weighted by molar-refractivity contribution is 6.42. The zero-order chi connectivity index (χ0) is 16.9. The highest BCUT2D eigenvalue weighted by Gasteiger charge is 2.15. The van der Waals surface area contributed by atoms with Crippen molar-refractivity contribution in [1.82, 2.24) is 15.6 Å². The van der Waals surface area contributed by atoms with Gasteiger partial charge in [-0.3, -0.25) is 4.79 Å². The molecule has 2 heterocycles. The average molecular weight is 439 g/mol. The van der Waals surface area contributed by atoms with Gasteiger partial charge in [-0.15, -0.1) is 24.8 Å². The van der Waals surface area contributed by atoms with Gasteiger partial charge in [0, 0.05) is 24.8 Å². The van der Waals surface area contributed by atoms with Gasteiger partial charge < -0.3 is 15.4 Å². The van der Waals surface area contributed by atoms with Crippen LogP contribution in [0.25, 0.3) is 0 Å². The van der Waals surface area contributed by atoms with Crippen molar-refractivity contribution in [3.63, 3.8) is 0 Å². The molecule has 142 valence electrons. The predicted octanol–water partition coefficient (Wildman–Crippen LogP) is 4.51. The monoisotopic (exact) mass is 437 g/mol. The quantitative estimate of drug-likeness (QED) is 0.720. The van der Waals surface area contributed by atoms with Crippen molar-refractivity contribution in [3.05, 3.63) is 52.1 Å². The molecule has 5 nitrogen and oxygen atoms in total. The maximum absolute atomic E-state index is 12.1. The number of hydrogen-bond acceptors (Lipinski definition) is 4. The number of carbonyl (C=O) groups is 1. The third kappa shape index (κ3) is 5.89. The van der Waals surface area contributed by atoms with Crippen LogP contribution in [0.4, 0.5) is 0 Å². The molecule has 1 aliphatic rings. The number of aromatic nitrogens is 1. The van der Waals surface area contributed by atoms with Crippen LogP contribution in [0.15, 0.2) is 36.5 Å². The van der Waals surface area contributed by atoms with Crippen LogP contribution in [0.1, 0.15) is 23.2 Å². The van der Waals surface area contributed by atoms with Gasteiger partial charge in [0.1, 0.15) is 10.8 Å². The van der Waals surface area contributed by atoms with Crippen molar-refractivity contribution in [1.29, 1.82) is 0 Å². The van der Waals surface area contributed by atoms with Gasteiger partial charge in [0.25, 0.3) is 5.91 Å². The minimum absolute atomic E-state index is 0. The first-order chi connectivity index (χ1) is 11.6. The minimum Gasteiger partial charge on any atom is -0.437 e. The molecular weight excluding hydrogens is 420 g/mol. The Morgan fingerprint density at radius 1 is 1.27 bits per heavy atom. The second kappa shape index (κ2) is 10.8. The zero-order valence-electron chi connectivity index (χ0n) is 13.7. The van der Waals surface area contributed by atoms with Gasteiger partial charge in [0.15, 0.2) is 0 Å². The third-order valence-corrected chi connectivity index (χ3v) is 4.60. The summed E-state index contributed by atoms with van der Waals surface area (Å²) < 4.78 is 5.60. The molecule has 1 aromatic heterocycles. The Morgan fingerprint density at radius 3 is 2.73 bits per heavy atom. The van der Waals surface area contributed by atoms with Gasteiger partial charge >= 0.3 is 0 Å². The summed E-state index contributed by atoms with van der Waals surface area (Å²) in [5.74, 6) is 0.609. The molecule has 1 saturated heterocycles. The number of nitrogens with one attached hydrogen (secondary N) is 2. The van der Waals surface area contributed by atoms with Crippen LogP contribution in [0.2, 0.25) is 10.0 Å². The fraction of sp³-hybridized carbons (Fsp3) is 0.294. The van der Waals surface area contributed by atoms with Crippen LogP contribution in [0.5, 0.6) is 11.6 Å². The smallest absolute Gasteiger partial charge is 0.252 e. The van der Waals surface area contributed by atoms with E-state index in [0.717, 1.165) is 19.4 Å². The molecule has 1 fully saturated rings. The summed E-state index contributed by atoms with van der Waals surface area (Å²) >= 11 is 12.0. The SMILES string of the molecule is Cl.Cl.O=C(NCC1CCCN1)c1ccc(Oc2cccc(Cl)c2Cl)nc1. The molecule has 1 aromatic carbocycles. The van der Waals surface area contributed by atoms with Gasteiger partial charge in [-0.05, 0) is 37.6 Å². The Labute approximate surface area is 174 Å². The lowest BCUT2D eigenvalue weighted by molar-refractivity contribution is 0.0950. The van der Waals surface area contributed by atoms with Gasteiger partial charge in [0.05, 0.1) is 10.6 Å². The number of ether oxygens (including phenoxy) is 1. The predicted molar refractivity (Wildman–Crippen MR) is 109 cm³/mol. The number of carbonyl (C=O) groups excluding carboxylic acids is 1. The van der Waals surface area contributed by atoms with E-state index in [1.807, 2.05) is 0 Å². The normalized spacial score (nSPS) is 15.5. The Hall–Kier alpha value is -1.24. The van der Waals surface area contributed by atoms with E-state index in [-0.39, 0.29) is 30.7 Å². The van der Waals surface area contributed by atoms with Crippen LogP contribution in [-0.4, -0.2) is 30.0 Å². The van der Waals surface area contributed by atoms with Gasteiger partial charge in [-0.25, -0.2) is 4.98 Å². The summed E-state index contributed by atoms with van der Waals surface area (Å²) in [5, 5.41) is 6.98. The minimum atomic E-state index is -0.150. The standard InChI is InChI=1S/C17H17Cl2N3O2.2ClH/c18-13-4-1-5-14(16(13)19)24-15-7-6-11(9-21-15)17(23)22-10-12-3-2-8-20-12;;/h1,4-7,9,12,20H,2-3,8,10H2,(H,22,23);2*1H. The lowest BCUT2D eigenvalue weighted by Crippen LogP contribution is -2.37. The summed E-state index contributed by atoms with van der Waals surface area (Å²) in [4.78, 5) is 16.3. The van der Waals surface area contributed by atoms with Gasteiger partial charge in [-0.1, -0.05) is 29.3 Å². The molecule has 1 amide bonds. The molecule has 2 aromatic rings. The topological polar surface area (TPSA) is 63.2 Å². The van der Waals surface area contributed by atoms with Crippen LogP contribution in [0, 0.1) is 0 Å². The molecule has 9 heteroatoms. The number of pyridine rings is 1. The van der Waals surface area contributed by atoms with E-state index in [1.54, 1.807) is 30.3 Å². The van der Waals surface area contributed by atoms with Gasteiger partial charge in [-0.2, -0.15) is 0 Å². The van der Waals surface area contributed by atoms with Crippen molar-refractivity contribution in [3.8, 4) is 11.6 Å². The van der Waals surface area contributed by atoms with Crippen LogP contribution in [-0.2, 0) is 0 Å². The number of nitrogens with zero attached hydrogens (tertiary/aromatic N) is 1. The highest BCUT2D eigenvalue weighted by Crippen LogP contribution is 2.33. The number of benzene rings is 1. The van der Waals surface area contributed by atoms with E-state index >= 15 is 0 Å². The maximum atomic E-state index is 12.1. The Morgan fingerprint density at radius 2 is 2.08 bits per heavy atom. The summed E-state index contributed by atoms with van der Waals surface area (Å²) in [5.41, 5.74) is 0.484. The van der Waals surface area contributed by atoms with Crippen molar-refractivity contribution in [2.45, 2.75) is 18.9 Å². The first-order valence-corrected chi connectivity index (χ1v) is 8.48. The summed E-state index contributed by atoms with van der Waals surface area (Å²) in [7, 11) is 0. The molecule has 0 aliphatic carbocycles. The van der Waals surface area contributed by atoms with E-state index in [2.05, 4.69) is 15.6 Å². The molecule has 1 aliphatic heterocycles. The first kappa shape index (κ1) is 22.8. The molecule has 0 bridgehead atoms. The van der Waals surface area contributed by atoms with E-state index in [9.17, 15) is 4.79 Å². The molecule has 1 unspecified atom stereocenters. The first-order valence-electron chi connectivity index (χ1n) is 7.73. The van der Waals surface area contributed by atoms with E-state index in [4.69, 9.17) is 27.9 Å². The second-order valence-electron chi connectivity index (χ2n) is 5.54. The van der Waals surface area contributed by atoms with Crippen molar-refractivity contribution in [2.75, 3.05) is 13.1 Å².